The lowest BCUT2D eigenvalue weighted by Crippen LogP contribution is -2.57. The number of rotatable bonds is 8. The number of aryl methyl sites for hydroxylation is 1. The third-order valence-electron chi connectivity index (χ3n) is 5.31. The molecule has 7 N–H and O–H groups in total. The summed E-state index contributed by atoms with van der Waals surface area (Å²) in [5.74, 6) is 0. The summed E-state index contributed by atoms with van der Waals surface area (Å²) in [6, 6.07) is 0. The molecule has 0 bridgehead atoms. The fourth-order valence-corrected chi connectivity index (χ4v) is 5.57. The van der Waals surface area contributed by atoms with Crippen LogP contribution < -0.4 is 11.2 Å². The summed E-state index contributed by atoms with van der Waals surface area (Å²) in [5, 5.41) is 39.3. The number of aliphatic hydroxyl groups is 4. The van der Waals surface area contributed by atoms with Gasteiger partial charge in [0, 0.05) is 18.2 Å². The zero-order valence-electron chi connectivity index (χ0n) is 18.3. The molecule has 0 saturated carbocycles. The van der Waals surface area contributed by atoms with E-state index < -0.39 is 82.6 Å². The molecule has 19 heteroatoms. The predicted octanol–water partition coefficient (Wildman–Crippen LogP) is -2.43. The Hall–Kier alpha value is -1.30. The first-order valence-electron chi connectivity index (χ1n) is 10.2. The first kappa shape index (κ1) is 28.3. The summed E-state index contributed by atoms with van der Waals surface area (Å²) in [4.78, 5) is 45.2. The summed E-state index contributed by atoms with van der Waals surface area (Å²) in [7, 11) is -10.8. The first-order chi connectivity index (χ1) is 16.1. The van der Waals surface area contributed by atoms with Gasteiger partial charge in [-0.15, -0.1) is 0 Å². The van der Waals surface area contributed by atoms with Gasteiger partial charge in [0.1, 0.15) is 30.6 Å². The minimum absolute atomic E-state index is 0.152. The Balaban J connectivity index is 1.59. The number of phosphoric ester groups is 2. The van der Waals surface area contributed by atoms with Gasteiger partial charge >= 0.3 is 21.3 Å². The molecule has 0 spiro atoms. The molecule has 17 nitrogen and oxygen atoms in total. The molecule has 10 atom stereocenters. The van der Waals surface area contributed by atoms with Crippen molar-refractivity contribution < 1.29 is 62.2 Å². The van der Waals surface area contributed by atoms with Crippen molar-refractivity contribution in [1.29, 1.82) is 0 Å². The van der Waals surface area contributed by atoms with Crippen LogP contribution in [-0.2, 0) is 32.0 Å². The van der Waals surface area contributed by atoms with E-state index in [4.69, 9.17) is 9.47 Å². The molecule has 1 aromatic rings. The molecule has 0 aliphatic carbocycles. The van der Waals surface area contributed by atoms with Crippen molar-refractivity contribution >= 4 is 15.6 Å². The summed E-state index contributed by atoms with van der Waals surface area (Å²) in [6.07, 6.45) is -11.0. The smallest absolute Gasteiger partial charge is 0.390 e. The van der Waals surface area contributed by atoms with E-state index in [0.29, 0.717) is 0 Å². The first-order valence-corrected chi connectivity index (χ1v) is 13.1. The molecule has 200 valence electrons. The van der Waals surface area contributed by atoms with Gasteiger partial charge in [0.25, 0.3) is 5.56 Å². The second-order valence-corrected chi connectivity index (χ2v) is 11.0. The highest BCUT2D eigenvalue weighted by molar-refractivity contribution is 7.61. The van der Waals surface area contributed by atoms with Crippen LogP contribution in [0.15, 0.2) is 15.8 Å². The molecule has 0 radical (unpaired) electrons. The summed E-state index contributed by atoms with van der Waals surface area (Å²) < 4.78 is 49.0. The molecule has 2 saturated heterocycles. The monoisotopic (exact) mass is 548 g/mol. The molecule has 8 unspecified atom stereocenters. The van der Waals surface area contributed by atoms with Crippen molar-refractivity contribution in [2.24, 2.45) is 0 Å². The van der Waals surface area contributed by atoms with Crippen LogP contribution in [0.5, 0.6) is 0 Å². The lowest BCUT2D eigenvalue weighted by Gasteiger charge is -2.38. The maximum Gasteiger partial charge on any atom is 0.483 e. The molecular formula is C16H26N2O15P2. The lowest BCUT2D eigenvalue weighted by atomic mass is 10.0. The van der Waals surface area contributed by atoms with Crippen LogP contribution in [0.2, 0.25) is 0 Å². The van der Waals surface area contributed by atoms with Crippen molar-refractivity contribution in [3.63, 3.8) is 0 Å². The topological polar surface area (TPSA) is 257 Å². The molecule has 2 aliphatic rings. The quantitative estimate of drug-likeness (QED) is 0.167. The number of ether oxygens (including phenoxy) is 2. The molecule has 35 heavy (non-hydrogen) atoms. The van der Waals surface area contributed by atoms with Crippen molar-refractivity contribution in [3.8, 4) is 0 Å². The van der Waals surface area contributed by atoms with Crippen LogP contribution in [0.1, 0.15) is 25.1 Å². The van der Waals surface area contributed by atoms with Crippen molar-refractivity contribution in [2.45, 2.75) is 69.4 Å². The standard InChI is InChI=1S/C16H26N2O15P2/c1-6-4-18(16(24)17-14(6)23)10-3-8(19)9(31-10)5-29-34(25,26)33-35(27,28)32-15-13(22)12(21)11(20)7(2)30-15/h4,7-13,15,19-22H,3,5H2,1-2H3,(H,25,26)(H,27,28)(H,17,23,24)/t7?,8-,9+,10?,11?,12?,13?,15?/m0/s1. The number of nitrogens with zero attached hydrogens (tertiary/aromatic N) is 1. The normalized spacial score (nSPS) is 37.0. The predicted molar refractivity (Wildman–Crippen MR) is 111 cm³/mol. The van der Waals surface area contributed by atoms with E-state index in [1.165, 1.54) is 20.0 Å². The van der Waals surface area contributed by atoms with Gasteiger partial charge in [0.15, 0.2) is 6.29 Å². The summed E-state index contributed by atoms with van der Waals surface area (Å²) >= 11 is 0. The van der Waals surface area contributed by atoms with E-state index in [2.05, 4.69) is 18.3 Å². The van der Waals surface area contributed by atoms with Gasteiger partial charge in [-0.1, -0.05) is 0 Å². The lowest BCUT2D eigenvalue weighted by molar-refractivity contribution is -0.271. The number of aromatic amines is 1. The number of aliphatic hydroxyl groups excluding tert-OH is 4. The van der Waals surface area contributed by atoms with Gasteiger partial charge in [0.05, 0.1) is 18.8 Å². The van der Waals surface area contributed by atoms with Crippen molar-refractivity contribution in [1.82, 2.24) is 9.55 Å². The van der Waals surface area contributed by atoms with Crippen LogP contribution in [0, 0.1) is 6.92 Å². The van der Waals surface area contributed by atoms with Gasteiger partial charge in [-0.25, -0.2) is 13.9 Å². The van der Waals surface area contributed by atoms with E-state index in [1.807, 2.05) is 0 Å². The van der Waals surface area contributed by atoms with E-state index >= 15 is 0 Å². The van der Waals surface area contributed by atoms with Crippen LogP contribution in [0.4, 0.5) is 0 Å². The van der Waals surface area contributed by atoms with Gasteiger partial charge in [0.2, 0.25) is 0 Å². The Morgan fingerprint density at radius 1 is 1.09 bits per heavy atom. The molecule has 3 heterocycles. The van der Waals surface area contributed by atoms with Crippen LogP contribution >= 0.6 is 15.6 Å². The highest BCUT2D eigenvalue weighted by atomic mass is 31.3. The molecule has 3 rings (SSSR count). The maximum absolute atomic E-state index is 12.2. The number of nitrogens with one attached hydrogen (secondary N) is 1. The summed E-state index contributed by atoms with van der Waals surface area (Å²) in [5.41, 5.74) is -1.23. The third-order valence-corrected chi connectivity index (χ3v) is 7.91. The van der Waals surface area contributed by atoms with Gasteiger partial charge in [-0.2, -0.15) is 4.31 Å². The Morgan fingerprint density at radius 3 is 2.40 bits per heavy atom. The highest BCUT2D eigenvalue weighted by Gasteiger charge is 2.47. The zero-order chi connectivity index (χ0) is 26.3. The van der Waals surface area contributed by atoms with Crippen LogP contribution in [0.25, 0.3) is 0 Å². The van der Waals surface area contributed by atoms with Gasteiger partial charge in [-0.3, -0.25) is 23.4 Å². The molecule has 2 fully saturated rings. The minimum Gasteiger partial charge on any atom is -0.390 e. The van der Waals surface area contributed by atoms with Crippen molar-refractivity contribution in [2.75, 3.05) is 6.61 Å². The molecule has 2 aliphatic heterocycles. The number of hydrogen-bond acceptors (Lipinski definition) is 13. The molecule has 0 amide bonds. The van der Waals surface area contributed by atoms with Gasteiger partial charge in [-0.05, 0) is 13.8 Å². The number of phosphoric acid groups is 2. The number of H-pyrrole nitrogens is 1. The number of aromatic nitrogens is 2. The fraction of sp³-hybridized carbons (Fsp3) is 0.750. The summed E-state index contributed by atoms with van der Waals surface area (Å²) in [6.45, 7) is 1.88. The Morgan fingerprint density at radius 2 is 1.74 bits per heavy atom. The largest absolute Gasteiger partial charge is 0.483 e. The maximum atomic E-state index is 12.2. The Bertz CT molecular complexity index is 1120. The van der Waals surface area contributed by atoms with E-state index in [1.54, 1.807) is 0 Å². The molecular weight excluding hydrogens is 522 g/mol. The third kappa shape index (κ3) is 6.72. The van der Waals surface area contributed by atoms with E-state index in [0.717, 1.165) is 4.57 Å². The zero-order valence-corrected chi connectivity index (χ0v) is 20.1. The Kier molecular flexibility index (Phi) is 8.56. The van der Waals surface area contributed by atoms with E-state index in [9.17, 15) is 48.9 Å². The second-order valence-electron chi connectivity index (χ2n) is 8.01. The average molecular weight is 548 g/mol. The minimum atomic E-state index is -5.44. The van der Waals surface area contributed by atoms with Gasteiger partial charge < -0.3 is 39.7 Å². The molecule has 0 aromatic carbocycles. The SMILES string of the molecule is Cc1cn(C2C[C@H](O)[C@@H](COP(=O)(O)OP(=O)(O)OC3OC(C)C(O)C(O)C3O)O2)c(=O)[nH]c1=O. The second kappa shape index (κ2) is 10.6. The highest BCUT2D eigenvalue weighted by Crippen LogP contribution is 2.61. The Labute approximate surface area is 196 Å². The molecule has 1 aromatic heterocycles. The van der Waals surface area contributed by atoms with Crippen molar-refractivity contribution in [3.05, 3.63) is 32.6 Å². The average Bonchev–Trinajstić information content (AvgIpc) is 3.11. The van der Waals surface area contributed by atoms with Crippen LogP contribution in [-0.4, -0.2) is 89.3 Å². The fourth-order valence-electron chi connectivity index (χ4n) is 3.41. The number of hydrogen-bond donors (Lipinski definition) is 7. The van der Waals surface area contributed by atoms with E-state index in [-0.39, 0.29) is 12.0 Å². The van der Waals surface area contributed by atoms with Crippen LogP contribution in [0.3, 0.4) is 0 Å².